The molecule has 7 rings (SSSR count). The molecule has 8 nitrogen and oxygen atoms in total. The first kappa shape index (κ1) is 28.4. The summed E-state index contributed by atoms with van der Waals surface area (Å²) in [6.45, 7) is 5.11. The number of hydrogen-bond acceptors (Lipinski definition) is 7. The first-order valence-corrected chi connectivity index (χ1v) is 16.8. The standard InChI is InChI=1S/C34H31N5O3S2/c1-37-17-19-38(20-18-37)22-24-11-13-25(14-12-24)33(40)36-34-35-30(23-43-34)26-15-16-29-28-9-5-6-10-31(28)39(32(29)21-26)44(41,42)27-7-3-2-4-8-27/h2-16,21,23H,17-20,22H2,1H3,(H,35,36,40). The van der Waals surface area contributed by atoms with E-state index in [1.54, 1.807) is 30.3 Å². The van der Waals surface area contributed by atoms with Crippen molar-refractivity contribution in [2.75, 3.05) is 38.5 Å². The minimum atomic E-state index is -3.87. The van der Waals surface area contributed by atoms with E-state index in [0.717, 1.165) is 49.1 Å². The highest BCUT2D eigenvalue weighted by atomic mass is 32.2. The maximum atomic E-state index is 13.9. The van der Waals surface area contributed by atoms with Gasteiger partial charge < -0.3 is 4.90 Å². The molecule has 0 bridgehead atoms. The lowest BCUT2D eigenvalue weighted by Crippen LogP contribution is -2.43. The van der Waals surface area contributed by atoms with E-state index in [2.05, 4.69) is 27.1 Å². The fourth-order valence-corrected chi connectivity index (χ4v) is 7.97. The number of piperazine rings is 1. The Labute approximate surface area is 260 Å². The van der Waals surface area contributed by atoms with Crippen LogP contribution in [0.15, 0.2) is 107 Å². The van der Waals surface area contributed by atoms with Crippen molar-refractivity contribution in [3.05, 3.63) is 114 Å². The predicted octanol–water partition coefficient (Wildman–Crippen LogP) is 6.15. The van der Waals surface area contributed by atoms with E-state index in [4.69, 9.17) is 0 Å². The number of anilines is 1. The van der Waals surface area contributed by atoms with Crippen LogP contribution in [0.5, 0.6) is 0 Å². The van der Waals surface area contributed by atoms with Crippen LogP contribution in [0.1, 0.15) is 15.9 Å². The Morgan fingerprint density at radius 3 is 2.32 bits per heavy atom. The van der Waals surface area contributed by atoms with E-state index in [9.17, 15) is 13.2 Å². The van der Waals surface area contributed by atoms with Gasteiger partial charge in [0.25, 0.3) is 15.9 Å². The molecule has 0 radical (unpaired) electrons. The van der Waals surface area contributed by atoms with E-state index in [-0.39, 0.29) is 10.8 Å². The minimum absolute atomic E-state index is 0.221. The first-order chi connectivity index (χ1) is 21.4. The average molecular weight is 622 g/mol. The van der Waals surface area contributed by atoms with Gasteiger partial charge in [-0.1, -0.05) is 60.7 Å². The molecule has 4 aromatic carbocycles. The van der Waals surface area contributed by atoms with Crippen LogP contribution in [0, 0.1) is 0 Å². The molecule has 0 aliphatic carbocycles. The summed E-state index contributed by atoms with van der Waals surface area (Å²) in [6.07, 6.45) is 0. The number of para-hydroxylation sites is 1. The van der Waals surface area contributed by atoms with Crippen molar-refractivity contribution in [1.82, 2.24) is 18.8 Å². The minimum Gasteiger partial charge on any atom is -0.304 e. The highest BCUT2D eigenvalue weighted by molar-refractivity contribution is 7.90. The first-order valence-electron chi connectivity index (χ1n) is 14.5. The van der Waals surface area contributed by atoms with Crippen molar-refractivity contribution in [3.8, 4) is 11.3 Å². The molecular formula is C34H31N5O3S2. The fourth-order valence-electron chi connectivity index (χ4n) is 5.71. The number of amides is 1. The van der Waals surface area contributed by atoms with E-state index >= 15 is 0 Å². The van der Waals surface area contributed by atoms with Gasteiger partial charge in [-0.05, 0) is 49.0 Å². The summed E-state index contributed by atoms with van der Waals surface area (Å²) in [4.78, 5) is 22.7. The van der Waals surface area contributed by atoms with Gasteiger partial charge in [0.15, 0.2) is 5.13 Å². The SMILES string of the molecule is CN1CCN(Cc2ccc(C(=O)Nc3nc(-c4ccc5c6ccccc6n(S(=O)(=O)c6ccccc6)c5c4)cs3)cc2)CC1. The normalized spacial score (nSPS) is 14.8. The summed E-state index contributed by atoms with van der Waals surface area (Å²) in [6, 6.07) is 29.4. The quantitative estimate of drug-likeness (QED) is 0.230. The van der Waals surface area contributed by atoms with Gasteiger partial charge in [-0.15, -0.1) is 11.3 Å². The number of hydrogen-bond donors (Lipinski definition) is 1. The molecule has 0 unspecified atom stereocenters. The van der Waals surface area contributed by atoms with Crippen LogP contribution in [0.3, 0.4) is 0 Å². The molecule has 1 aliphatic rings. The number of likely N-dealkylation sites (N-methyl/N-ethyl adjacent to an activating group) is 1. The Kier molecular flexibility index (Phi) is 7.51. The number of rotatable bonds is 7. The number of carbonyl (C=O) groups is 1. The number of thiazole rings is 1. The molecule has 2 aromatic heterocycles. The zero-order valence-electron chi connectivity index (χ0n) is 24.2. The maximum Gasteiger partial charge on any atom is 0.268 e. The van der Waals surface area contributed by atoms with Gasteiger partial charge in [-0.3, -0.25) is 15.0 Å². The number of benzene rings is 4. The van der Waals surface area contributed by atoms with Crippen molar-refractivity contribution in [2.45, 2.75) is 11.4 Å². The second-order valence-electron chi connectivity index (χ2n) is 11.1. The van der Waals surface area contributed by atoms with Crippen LogP contribution in [0.25, 0.3) is 33.1 Å². The van der Waals surface area contributed by atoms with Crippen LogP contribution in [0.2, 0.25) is 0 Å². The summed E-state index contributed by atoms with van der Waals surface area (Å²) in [5.74, 6) is -0.221. The van der Waals surface area contributed by atoms with Crippen LogP contribution in [0.4, 0.5) is 5.13 Å². The third-order valence-electron chi connectivity index (χ3n) is 8.15. The van der Waals surface area contributed by atoms with E-state index < -0.39 is 10.0 Å². The van der Waals surface area contributed by atoms with E-state index in [0.29, 0.717) is 27.4 Å². The lowest BCUT2D eigenvalue weighted by Gasteiger charge is -2.32. The van der Waals surface area contributed by atoms with Crippen LogP contribution in [-0.4, -0.2) is 66.3 Å². The van der Waals surface area contributed by atoms with Gasteiger partial charge in [-0.2, -0.15) is 0 Å². The topological polar surface area (TPSA) is 87.5 Å². The molecule has 0 atom stereocenters. The molecule has 3 heterocycles. The largest absolute Gasteiger partial charge is 0.304 e. The van der Waals surface area contributed by atoms with Gasteiger partial charge in [0, 0.05) is 60.0 Å². The molecular weight excluding hydrogens is 591 g/mol. The third kappa shape index (κ3) is 5.41. The Bertz CT molecular complexity index is 2080. The zero-order valence-corrected chi connectivity index (χ0v) is 25.8. The summed E-state index contributed by atoms with van der Waals surface area (Å²) in [5.41, 5.74) is 4.36. The number of aromatic nitrogens is 2. The van der Waals surface area contributed by atoms with Gasteiger partial charge in [0.05, 0.1) is 21.6 Å². The van der Waals surface area contributed by atoms with E-state index in [1.807, 2.05) is 72.1 Å². The number of nitrogens with zero attached hydrogens (tertiary/aromatic N) is 4. The fraction of sp³-hybridized carbons (Fsp3) is 0.176. The molecule has 6 aromatic rings. The summed E-state index contributed by atoms with van der Waals surface area (Å²) in [5, 5.41) is 6.96. The molecule has 1 aliphatic heterocycles. The van der Waals surface area contributed by atoms with Gasteiger partial charge in [0.2, 0.25) is 0 Å². The molecule has 0 spiro atoms. The molecule has 1 fully saturated rings. The Morgan fingerprint density at radius 2 is 1.55 bits per heavy atom. The average Bonchev–Trinajstić information content (AvgIpc) is 3.65. The highest BCUT2D eigenvalue weighted by Crippen LogP contribution is 2.35. The molecule has 10 heteroatoms. The molecule has 222 valence electrons. The zero-order chi connectivity index (χ0) is 30.3. The van der Waals surface area contributed by atoms with Gasteiger partial charge in [-0.25, -0.2) is 17.4 Å². The second-order valence-corrected chi connectivity index (χ2v) is 13.7. The highest BCUT2D eigenvalue weighted by Gasteiger charge is 2.24. The van der Waals surface area contributed by atoms with Crippen LogP contribution < -0.4 is 5.32 Å². The summed E-state index contributed by atoms with van der Waals surface area (Å²) >= 11 is 1.33. The Balaban J connectivity index is 1.14. The monoisotopic (exact) mass is 621 g/mol. The summed E-state index contributed by atoms with van der Waals surface area (Å²) < 4.78 is 29.1. The lowest BCUT2D eigenvalue weighted by molar-refractivity contribution is 0.102. The number of fused-ring (bicyclic) bond motifs is 3. The summed E-state index contributed by atoms with van der Waals surface area (Å²) in [7, 11) is -1.72. The van der Waals surface area contributed by atoms with Crippen molar-refractivity contribution in [3.63, 3.8) is 0 Å². The number of carbonyl (C=O) groups excluding carboxylic acids is 1. The van der Waals surface area contributed by atoms with Crippen molar-refractivity contribution in [1.29, 1.82) is 0 Å². The third-order valence-corrected chi connectivity index (χ3v) is 10.6. The van der Waals surface area contributed by atoms with Crippen LogP contribution in [-0.2, 0) is 16.6 Å². The Morgan fingerprint density at radius 1 is 0.841 bits per heavy atom. The van der Waals surface area contributed by atoms with Crippen molar-refractivity contribution >= 4 is 54.2 Å². The van der Waals surface area contributed by atoms with E-state index in [1.165, 1.54) is 20.9 Å². The smallest absolute Gasteiger partial charge is 0.268 e. The van der Waals surface area contributed by atoms with Gasteiger partial charge in [0.1, 0.15) is 0 Å². The molecule has 0 saturated carbocycles. The molecule has 44 heavy (non-hydrogen) atoms. The second kappa shape index (κ2) is 11.6. The van der Waals surface area contributed by atoms with Crippen molar-refractivity contribution < 1.29 is 13.2 Å². The van der Waals surface area contributed by atoms with Crippen LogP contribution >= 0.6 is 11.3 Å². The van der Waals surface area contributed by atoms with Crippen molar-refractivity contribution in [2.24, 2.45) is 0 Å². The maximum absolute atomic E-state index is 13.9. The molecule has 1 amide bonds. The van der Waals surface area contributed by atoms with Gasteiger partial charge >= 0.3 is 0 Å². The molecule has 1 saturated heterocycles. The molecule has 1 N–H and O–H groups in total. The lowest BCUT2D eigenvalue weighted by atomic mass is 10.1. The predicted molar refractivity (Wildman–Crippen MR) is 177 cm³/mol. The Hall–Kier alpha value is -4.35. The number of nitrogens with one attached hydrogen (secondary N) is 1.